The zero-order valence-electron chi connectivity index (χ0n) is 13.7. The van der Waals surface area contributed by atoms with Crippen LogP contribution in [0.25, 0.3) is 0 Å². The summed E-state index contributed by atoms with van der Waals surface area (Å²) >= 11 is 0. The molecule has 0 amide bonds. The molecular weight excluding hydrogens is 268 g/mol. The molecule has 0 bridgehead atoms. The van der Waals surface area contributed by atoms with E-state index in [-0.39, 0.29) is 12.1 Å². The molecule has 2 unspecified atom stereocenters. The molecule has 0 aromatic rings. The maximum atomic E-state index is 12.5. The smallest absolute Gasteiger partial charge is 0.327 e. The summed E-state index contributed by atoms with van der Waals surface area (Å²) < 4.78 is 10.9. The molecule has 0 aromatic heterocycles. The highest BCUT2D eigenvalue weighted by molar-refractivity contribution is 5.82. The van der Waals surface area contributed by atoms with E-state index in [9.17, 15) is 4.79 Å². The van der Waals surface area contributed by atoms with Gasteiger partial charge >= 0.3 is 5.97 Å². The molecular formula is C16H30N2O3. The van der Waals surface area contributed by atoms with Crippen LogP contribution in [0.5, 0.6) is 0 Å². The van der Waals surface area contributed by atoms with Gasteiger partial charge in [0.1, 0.15) is 5.54 Å². The molecule has 0 aromatic carbocycles. The summed E-state index contributed by atoms with van der Waals surface area (Å²) in [6.45, 7) is 8.51. The molecule has 2 atom stereocenters. The quantitative estimate of drug-likeness (QED) is 0.720. The monoisotopic (exact) mass is 298 g/mol. The molecule has 122 valence electrons. The maximum absolute atomic E-state index is 12.5. The van der Waals surface area contributed by atoms with Crippen molar-refractivity contribution in [3.63, 3.8) is 0 Å². The number of esters is 1. The Morgan fingerprint density at radius 1 is 1.48 bits per heavy atom. The van der Waals surface area contributed by atoms with Gasteiger partial charge in [-0.1, -0.05) is 6.92 Å². The average Bonchev–Trinajstić information content (AvgIpc) is 3.31. The van der Waals surface area contributed by atoms with Crippen molar-refractivity contribution in [3.8, 4) is 0 Å². The fraction of sp³-hybridized carbons (Fsp3) is 0.938. The fourth-order valence-electron chi connectivity index (χ4n) is 3.32. The van der Waals surface area contributed by atoms with Gasteiger partial charge in [0.2, 0.25) is 0 Å². The first-order chi connectivity index (χ1) is 10.1. The van der Waals surface area contributed by atoms with Crippen LogP contribution >= 0.6 is 0 Å². The highest BCUT2D eigenvalue weighted by atomic mass is 16.5. The van der Waals surface area contributed by atoms with Gasteiger partial charge in [-0.05, 0) is 45.1 Å². The number of carbonyl (C=O) groups excluding carboxylic acids is 1. The highest BCUT2D eigenvalue weighted by Gasteiger charge is 2.52. The topological polar surface area (TPSA) is 50.8 Å². The van der Waals surface area contributed by atoms with E-state index in [0.717, 1.165) is 58.5 Å². The van der Waals surface area contributed by atoms with Crippen LogP contribution in [0.3, 0.4) is 0 Å². The van der Waals surface area contributed by atoms with E-state index in [1.165, 1.54) is 7.11 Å². The minimum Gasteiger partial charge on any atom is -0.468 e. The zero-order valence-corrected chi connectivity index (χ0v) is 13.7. The molecule has 1 saturated carbocycles. The van der Waals surface area contributed by atoms with Crippen molar-refractivity contribution in [2.75, 3.05) is 39.9 Å². The normalized spacial score (nSPS) is 26.9. The van der Waals surface area contributed by atoms with Gasteiger partial charge in [0.05, 0.1) is 13.2 Å². The molecule has 2 aliphatic rings. The largest absolute Gasteiger partial charge is 0.468 e. The molecule has 2 fully saturated rings. The third kappa shape index (κ3) is 4.18. The summed E-state index contributed by atoms with van der Waals surface area (Å²) in [6, 6.07) is 0. The number of nitrogens with one attached hydrogen (secondary N) is 1. The summed E-state index contributed by atoms with van der Waals surface area (Å²) in [6.07, 6.45) is 4.51. The van der Waals surface area contributed by atoms with E-state index in [1.54, 1.807) is 0 Å². The van der Waals surface area contributed by atoms with Gasteiger partial charge in [-0.2, -0.15) is 0 Å². The number of carbonyl (C=O) groups is 1. The van der Waals surface area contributed by atoms with Crippen LogP contribution in [0.15, 0.2) is 0 Å². The van der Waals surface area contributed by atoms with E-state index in [0.29, 0.717) is 5.92 Å². The van der Waals surface area contributed by atoms with Crippen molar-refractivity contribution in [2.45, 2.75) is 51.2 Å². The van der Waals surface area contributed by atoms with Crippen molar-refractivity contribution in [1.29, 1.82) is 0 Å². The van der Waals surface area contributed by atoms with Gasteiger partial charge in [0.15, 0.2) is 0 Å². The molecule has 0 radical (unpaired) electrons. The second kappa shape index (κ2) is 7.56. The second-order valence-corrected chi connectivity index (χ2v) is 6.43. The lowest BCUT2D eigenvalue weighted by molar-refractivity contribution is -0.151. The Morgan fingerprint density at radius 2 is 2.24 bits per heavy atom. The Kier molecular flexibility index (Phi) is 6.02. The number of ether oxygens (including phenoxy) is 2. The van der Waals surface area contributed by atoms with Crippen molar-refractivity contribution in [1.82, 2.24) is 10.2 Å². The summed E-state index contributed by atoms with van der Waals surface area (Å²) in [5.74, 6) is 0.312. The van der Waals surface area contributed by atoms with Gasteiger partial charge in [-0.3, -0.25) is 4.90 Å². The molecule has 5 heteroatoms. The fourth-order valence-corrected chi connectivity index (χ4v) is 3.32. The summed E-state index contributed by atoms with van der Waals surface area (Å²) in [5, 5.41) is 3.52. The number of hydrogen-bond donors (Lipinski definition) is 1. The van der Waals surface area contributed by atoms with Crippen LogP contribution in [0.1, 0.15) is 39.5 Å². The van der Waals surface area contributed by atoms with Crippen LogP contribution < -0.4 is 5.32 Å². The van der Waals surface area contributed by atoms with E-state index in [1.807, 2.05) is 0 Å². The molecule has 1 saturated heterocycles. The van der Waals surface area contributed by atoms with Crippen LogP contribution in [0.4, 0.5) is 0 Å². The second-order valence-electron chi connectivity index (χ2n) is 6.43. The molecule has 2 rings (SSSR count). The molecule has 1 aliphatic carbocycles. The first kappa shape index (κ1) is 16.7. The van der Waals surface area contributed by atoms with Gasteiger partial charge in [-0.15, -0.1) is 0 Å². The maximum Gasteiger partial charge on any atom is 0.327 e. The Bertz CT molecular complexity index is 346. The number of nitrogens with zero attached hydrogens (tertiary/aromatic N) is 1. The van der Waals surface area contributed by atoms with Gasteiger partial charge < -0.3 is 14.8 Å². The first-order valence-corrected chi connectivity index (χ1v) is 8.29. The summed E-state index contributed by atoms with van der Waals surface area (Å²) in [4.78, 5) is 14.9. The van der Waals surface area contributed by atoms with Crippen LogP contribution in [-0.2, 0) is 14.3 Å². The lowest BCUT2D eigenvalue weighted by Gasteiger charge is -2.37. The molecule has 1 heterocycles. The number of rotatable bonds is 7. The minimum absolute atomic E-state index is 0.101. The standard InChI is InChI=1S/C16H30N2O3/c1-4-8-17-16(14-6-7-14,15(19)20-3)12-18-9-5-10-21-13(2)11-18/h13-14,17H,4-12H2,1-3H3. The molecule has 1 aliphatic heterocycles. The first-order valence-electron chi connectivity index (χ1n) is 8.29. The van der Waals surface area contributed by atoms with Crippen LogP contribution in [0.2, 0.25) is 0 Å². The third-order valence-electron chi connectivity index (χ3n) is 4.52. The van der Waals surface area contributed by atoms with Crippen molar-refractivity contribution >= 4 is 5.97 Å². The Morgan fingerprint density at radius 3 is 2.86 bits per heavy atom. The van der Waals surface area contributed by atoms with Crippen molar-refractivity contribution in [3.05, 3.63) is 0 Å². The van der Waals surface area contributed by atoms with Gasteiger partial charge in [0, 0.05) is 26.2 Å². The van der Waals surface area contributed by atoms with Gasteiger partial charge in [0.25, 0.3) is 0 Å². The lowest BCUT2D eigenvalue weighted by atomic mass is 9.91. The number of methoxy groups -OCH3 is 1. The van der Waals surface area contributed by atoms with Gasteiger partial charge in [-0.25, -0.2) is 4.79 Å². The van der Waals surface area contributed by atoms with Crippen molar-refractivity contribution < 1.29 is 14.3 Å². The number of hydrogen-bond acceptors (Lipinski definition) is 5. The predicted molar refractivity (Wildman–Crippen MR) is 82.2 cm³/mol. The zero-order chi connectivity index (χ0) is 15.3. The molecule has 21 heavy (non-hydrogen) atoms. The predicted octanol–water partition coefficient (Wildman–Crippen LogP) is 1.42. The van der Waals surface area contributed by atoms with E-state index >= 15 is 0 Å². The molecule has 5 nitrogen and oxygen atoms in total. The van der Waals surface area contributed by atoms with Crippen LogP contribution in [0, 0.1) is 5.92 Å². The van der Waals surface area contributed by atoms with Crippen molar-refractivity contribution in [2.24, 2.45) is 5.92 Å². The highest BCUT2D eigenvalue weighted by Crippen LogP contribution is 2.41. The third-order valence-corrected chi connectivity index (χ3v) is 4.52. The lowest BCUT2D eigenvalue weighted by Crippen LogP contribution is -2.61. The molecule has 1 N–H and O–H groups in total. The van der Waals surface area contributed by atoms with E-state index < -0.39 is 5.54 Å². The van der Waals surface area contributed by atoms with Crippen LogP contribution in [-0.4, -0.2) is 62.4 Å². The SMILES string of the molecule is CCCNC(CN1CCCOC(C)C1)(C(=O)OC)C1CC1. The Hall–Kier alpha value is -0.650. The Labute approximate surface area is 128 Å². The van der Waals surface area contributed by atoms with E-state index in [4.69, 9.17) is 9.47 Å². The average molecular weight is 298 g/mol. The van der Waals surface area contributed by atoms with E-state index in [2.05, 4.69) is 24.1 Å². The summed E-state index contributed by atoms with van der Waals surface area (Å²) in [7, 11) is 1.50. The summed E-state index contributed by atoms with van der Waals surface area (Å²) in [5.41, 5.74) is -0.533. The Balaban J connectivity index is 2.11. The molecule has 0 spiro atoms. The minimum atomic E-state index is -0.533.